The molecule has 0 amide bonds. The summed E-state index contributed by atoms with van der Waals surface area (Å²) in [4.78, 5) is 0. The van der Waals surface area contributed by atoms with Crippen LogP contribution in [0.25, 0.3) is 0 Å². The van der Waals surface area contributed by atoms with Gasteiger partial charge in [0.05, 0.1) is 0 Å². The van der Waals surface area contributed by atoms with Gasteiger partial charge >= 0.3 is 26.2 Å². The Labute approximate surface area is 212 Å². The van der Waals surface area contributed by atoms with Crippen LogP contribution in [0.1, 0.15) is 79.1 Å². The predicted molar refractivity (Wildman–Crippen MR) is 115 cm³/mol. The molecule has 0 aliphatic heterocycles. The summed E-state index contributed by atoms with van der Waals surface area (Å²) in [6.07, 6.45) is 24.5. The fourth-order valence-corrected chi connectivity index (χ4v) is 5.13. The quantitative estimate of drug-likeness (QED) is 0.504. The van der Waals surface area contributed by atoms with Crippen molar-refractivity contribution < 1.29 is 51.0 Å². The van der Waals surface area contributed by atoms with Crippen molar-refractivity contribution in [3.63, 3.8) is 0 Å². The van der Waals surface area contributed by atoms with E-state index in [1.807, 2.05) is 0 Å². The van der Waals surface area contributed by atoms with Gasteiger partial charge in [0.25, 0.3) is 0 Å². The van der Waals surface area contributed by atoms with E-state index in [-0.39, 0.29) is 51.0 Å². The molecule has 3 heteroatoms. The maximum absolute atomic E-state index is 2.35. The molecule has 2 unspecified atom stereocenters. The van der Waals surface area contributed by atoms with Gasteiger partial charge in [-0.2, -0.15) is 0 Å². The van der Waals surface area contributed by atoms with E-state index in [4.69, 9.17) is 0 Å². The summed E-state index contributed by atoms with van der Waals surface area (Å²) in [7, 11) is 0. The maximum atomic E-state index is 2.35. The molecule has 0 nitrogen and oxygen atoms in total. The number of hydrogen-bond donors (Lipinski definition) is 0. The van der Waals surface area contributed by atoms with Gasteiger partial charge in [-0.3, -0.25) is 0 Å². The molecule has 0 aromatic rings. The minimum absolute atomic E-state index is 0. The summed E-state index contributed by atoms with van der Waals surface area (Å²) in [6.45, 7) is 9.28. The summed E-state index contributed by atoms with van der Waals surface area (Å²) in [6, 6.07) is 0. The molecule has 160 valence electrons. The van der Waals surface area contributed by atoms with Crippen molar-refractivity contribution in [1.29, 1.82) is 0 Å². The predicted octanol–water partition coefficient (Wildman–Crippen LogP) is 1.81. The SMILES string of the molecule is CC(C)C[C-]1CCC2CC=CC=C12.CC(C)C[C-]1CCC2CC=CC=C12.[Cl-].[Cl-].[Zr+4]. The first-order chi connectivity index (χ1) is 12.5. The van der Waals surface area contributed by atoms with E-state index in [0.717, 1.165) is 23.7 Å². The second kappa shape index (κ2) is 14.3. The zero-order chi connectivity index (χ0) is 18.5. The summed E-state index contributed by atoms with van der Waals surface area (Å²) < 4.78 is 0. The molecule has 0 saturated heterocycles. The van der Waals surface area contributed by atoms with Gasteiger partial charge in [0.2, 0.25) is 0 Å². The van der Waals surface area contributed by atoms with Crippen molar-refractivity contribution in [3.05, 3.63) is 59.4 Å². The third-order valence-corrected chi connectivity index (χ3v) is 6.26. The van der Waals surface area contributed by atoms with Crippen LogP contribution < -0.4 is 24.8 Å². The molecular formula is C26H38Cl2Zr. The van der Waals surface area contributed by atoms with Gasteiger partial charge in [0.15, 0.2) is 0 Å². The van der Waals surface area contributed by atoms with Crippen LogP contribution in [0.3, 0.4) is 0 Å². The first kappa shape index (κ1) is 29.2. The molecular weight excluding hydrogens is 474 g/mol. The van der Waals surface area contributed by atoms with Gasteiger partial charge in [-0.25, -0.2) is 35.1 Å². The van der Waals surface area contributed by atoms with Crippen molar-refractivity contribution in [2.24, 2.45) is 23.7 Å². The maximum Gasteiger partial charge on any atom is 4.00 e. The Morgan fingerprint density at radius 3 is 1.48 bits per heavy atom. The average molecular weight is 513 g/mol. The van der Waals surface area contributed by atoms with E-state index in [9.17, 15) is 0 Å². The summed E-state index contributed by atoms with van der Waals surface area (Å²) in [5.74, 6) is 6.87. The van der Waals surface area contributed by atoms with E-state index in [1.54, 1.807) is 23.0 Å². The van der Waals surface area contributed by atoms with E-state index in [1.165, 1.54) is 51.4 Å². The number of hydrogen-bond acceptors (Lipinski definition) is 0. The molecule has 4 rings (SSSR count). The molecule has 0 N–H and O–H groups in total. The van der Waals surface area contributed by atoms with Gasteiger partial charge in [0, 0.05) is 0 Å². The van der Waals surface area contributed by atoms with Crippen LogP contribution >= 0.6 is 0 Å². The third-order valence-electron chi connectivity index (χ3n) is 6.26. The second-order valence-electron chi connectivity index (χ2n) is 9.45. The largest absolute Gasteiger partial charge is 4.00 e. The van der Waals surface area contributed by atoms with Crippen LogP contribution in [0.15, 0.2) is 47.6 Å². The van der Waals surface area contributed by atoms with Crippen molar-refractivity contribution in [1.82, 2.24) is 0 Å². The number of rotatable bonds is 4. The smallest absolute Gasteiger partial charge is 1.00 e. The van der Waals surface area contributed by atoms with Crippen LogP contribution in [0.2, 0.25) is 0 Å². The van der Waals surface area contributed by atoms with E-state index >= 15 is 0 Å². The molecule has 2 saturated carbocycles. The van der Waals surface area contributed by atoms with Crippen LogP contribution in [0.4, 0.5) is 0 Å². The van der Waals surface area contributed by atoms with Crippen molar-refractivity contribution in [2.45, 2.75) is 79.1 Å². The van der Waals surface area contributed by atoms with Gasteiger partial charge < -0.3 is 24.8 Å². The third kappa shape index (κ3) is 8.31. The Kier molecular flexibility index (Phi) is 14.3. The first-order valence-corrected chi connectivity index (χ1v) is 11.0. The van der Waals surface area contributed by atoms with Gasteiger partial charge in [0.1, 0.15) is 0 Å². The van der Waals surface area contributed by atoms with Crippen molar-refractivity contribution in [3.8, 4) is 0 Å². The molecule has 0 heterocycles. The molecule has 0 bridgehead atoms. The molecule has 2 atom stereocenters. The molecule has 0 radical (unpaired) electrons. The monoisotopic (exact) mass is 510 g/mol. The molecule has 4 aliphatic carbocycles. The fraction of sp³-hybridized carbons (Fsp3) is 0.615. The molecule has 0 aromatic heterocycles. The molecule has 0 aromatic carbocycles. The van der Waals surface area contributed by atoms with Crippen LogP contribution in [0, 0.1) is 35.5 Å². The molecule has 0 spiro atoms. The van der Waals surface area contributed by atoms with Gasteiger partial charge in [-0.15, -0.1) is 24.3 Å². The topological polar surface area (TPSA) is 0 Å². The average Bonchev–Trinajstić information content (AvgIpc) is 3.20. The second-order valence-corrected chi connectivity index (χ2v) is 9.45. The Bertz CT molecular complexity index is 534. The van der Waals surface area contributed by atoms with Gasteiger partial charge in [-0.1, -0.05) is 78.1 Å². The molecule has 4 aliphatic rings. The Balaban J connectivity index is 0.000000490. The van der Waals surface area contributed by atoms with E-state index in [0.29, 0.717) is 0 Å². The first-order valence-electron chi connectivity index (χ1n) is 11.0. The Morgan fingerprint density at radius 1 is 0.759 bits per heavy atom. The van der Waals surface area contributed by atoms with Gasteiger partial charge in [-0.05, 0) is 24.7 Å². The number of allylic oxidation sites excluding steroid dienone is 8. The molecule has 29 heavy (non-hydrogen) atoms. The fourth-order valence-electron chi connectivity index (χ4n) is 5.13. The Morgan fingerprint density at radius 2 is 1.14 bits per heavy atom. The van der Waals surface area contributed by atoms with Crippen LogP contribution in [-0.4, -0.2) is 0 Å². The molecule has 2 fully saturated rings. The van der Waals surface area contributed by atoms with Crippen LogP contribution in [-0.2, 0) is 26.2 Å². The van der Waals surface area contributed by atoms with Crippen molar-refractivity contribution in [2.75, 3.05) is 0 Å². The standard InChI is InChI=1S/2C13H19.2ClH.Zr/c2*1-10(2)9-12-8-7-11-5-3-4-6-13(11)12;;;/h2*3-4,6,10-11H,5,7-9H2,1-2H3;2*1H;/q2*-1;;;+4/p-2. The summed E-state index contributed by atoms with van der Waals surface area (Å²) >= 11 is 0. The zero-order valence-electron chi connectivity index (χ0n) is 18.7. The van der Waals surface area contributed by atoms with E-state index < -0.39 is 0 Å². The minimum atomic E-state index is 0. The van der Waals surface area contributed by atoms with Crippen LogP contribution in [0.5, 0.6) is 0 Å². The summed E-state index contributed by atoms with van der Waals surface area (Å²) in [5.41, 5.74) is 3.35. The normalized spacial score (nSPS) is 23.8. The minimum Gasteiger partial charge on any atom is -1.00 e. The number of fused-ring (bicyclic) bond motifs is 2. The Hall–Kier alpha value is 0.163. The van der Waals surface area contributed by atoms with Crippen molar-refractivity contribution >= 4 is 0 Å². The van der Waals surface area contributed by atoms with E-state index in [2.05, 4.69) is 64.2 Å². The number of halogens is 2. The zero-order valence-corrected chi connectivity index (χ0v) is 22.7. The summed E-state index contributed by atoms with van der Waals surface area (Å²) in [5, 5.41) is 0.